The summed E-state index contributed by atoms with van der Waals surface area (Å²) >= 11 is 0. The highest BCUT2D eigenvalue weighted by Gasteiger charge is 2.27. The third kappa shape index (κ3) is 5.24. The van der Waals surface area contributed by atoms with E-state index in [2.05, 4.69) is 5.32 Å². The summed E-state index contributed by atoms with van der Waals surface area (Å²) in [5, 5.41) is 2.80. The molecule has 1 N–H and O–H groups in total. The number of nitrogens with one attached hydrogen (secondary N) is 1. The second-order valence-electron chi connectivity index (χ2n) is 7.37. The van der Waals surface area contributed by atoms with Crippen molar-refractivity contribution in [3.05, 3.63) is 83.4 Å². The van der Waals surface area contributed by atoms with E-state index >= 15 is 0 Å². The Morgan fingerprint density at radius 1 is 0.935 bits per heavy atom. The van der Waals surface area contributed by atoms with E-state index in [1.54, 1.807) is 54.6 Å². The Bertz CT molecular complexity index is 1190. The first-order valence-corrected chi connectivity index (χ1v) is 11.3. The van der Waals surface area contributed by atoms with E-state index in [4.69, 9.17) is 4.74 Å². The van der Waals surface area contributed by atoms with Gasteiger partial charge in [0, 0.05) is 11.8 Å². The van der Waals surface area contributed by atoms with Gasteiger partial charge in [-0.3, -0.25) is 9.10 Å². The van der Waals surface area contributed by atoms with Crippen molar-refractivity contribution < 1.29 is 17.9 Å². The van der Waals surface area contributed by atoms with E-state index in [9.17, 15) is 13.2 Å². The van der Waals surface area contributed by atoms with Crippen LogP contribution in [0, 0.1) is 20.8 Å². The van der Waals surface area contributed by atoms with Crippen LogP contribution in [0.3, 0.4) is 0 Å². The van der Waals surface area contributed by atoms with Gasteiger partial charge in [0.05, 0.1) is 17.7 Å². The van der Waals surface area contributed by atoms with E-state index in [1.807, 2.05) is 32.9 Å². The first-order chi connectivity index (χ1) is 14.7. The summed E-state index contributed by atoms with van der Waals surface area (Å²) in [6.07, 6.45) is 0. The quantitative estimate of drug-likeness (QED) is 0.591. The summed E-state index contributed by atoms with van der Waals surface area (Å²) < 4.78 is 33.2. The van der Waals surface area contributed by atoms with E-state index in [0.717, 1.165) is 21.0 Å². The standard InChI is InChI=1S/C24H26N2O4S/c1-17-8-12-23(13-9-17)31(28,29)26(21-6-5-7-22(15-21)30-4)16-24(27)25-20-11-10-18(2)19(3)14-20/h5-15H,16H2,1-4H3,(H,25,27). The summed E-state index contributed by atoms with van der Waals surface area (Å²) in [6.45, 7) is 5.44. The number of rotatable bonds is 7. The van der Waals surface area contributed by atoms with Crippen molar-refractivity contribution in [2.75, 3.05) is 23.3 Å². The summed E-state index contributed by atoms with van der Waals surface area (Å²) in [6, 6.07) is 18.7. The van der Waals surface area contributed by atoms with E-state index < -0.39 is 15.9 Å². The summed E-state index contributed by atoms with van der Waals surface area (Å²) in [7, 11) is -2.48. The van der Waals surface area contributed by atoms with Crippen LogP contribution in [-0.4, -0.2) is 28.0 Å². The summed E-state index contributed by atoms with van der Waals surface area (Å²) in [5.74, 6) is 0.0536. The smallest absolute Gasteiger partial charge is 0.264 e. The molecule has 0 fully saturated rings. The molecule has 7 heteroatoms. The van der Waals surface area contributed by atoms with Crippen molar-refractivity contribution in [3.8, 4) is 5.75 Å². The van der Waals surface area contributed by atoms with Gasteiger partial charge in [-0.1, -0.05) is 29.8 Å². The number of anilines is 2. The second-order valence-corrected chi connectivity index (χ2v) is 9.24. The largest absolute Gasteiger partial charge is 0.497 e. The van der Waals surface area contributed by atoms with Gasteiger partial charge in [0.25, 0.3) is 10.0 Å². The number of amides is 1. The number of hydrogen-bond donors (Lipinski definition) is 1. The van der Waals surface area contributed by atoms with Crippen LogP contribution in [0.15, 0.2) is 71.6 Å². The van der Waals surface area contributed by atoms with Gasteiger partial charge in [0.15, 0.2) is 0 Å². The number of carbonyl (C=O) groups is 1. The molecular formula is C24H26N2O4S. The molecule has 0 aromatic heterocycles. The molecule has 3 aromatic rings. The minimum Gasteiger partial charge on any atom is -0.497 e. The lowest BCUT2D eigenvalue weighted by atomic mass is 10.1. The first kappa shape index (κ1) is 22.4. The van der Waals surface area contributed by atoms with Crippen molar-refractivity contribution in [1.82, 2.24) is 0 Å². The number of ether oxygens (including phenoxy) is 1. The number of hydrogen-bond acceptors (Lipinski definition) is 4. The fraction of sp³-hybridized carbons (Fsp3) is 0.208. The van der Waals surface area contributed by atoms with Crippen LogP contribution in [0.2, 0.25) is 0 Å². The molecule has 31 heavy (non-hydrogen) atoms. The Morgan fingerprint density at radius 2 is 1.65 bits per heavy atom. The fourth-order valence-electron chi connectivity index (χ4n) is 3.07. The minimum absolute atomic E-state index is 0.111. The van der Waals surface area contributed by atoms with Gasteiger partial charge in [-0.05, 0) is 68.3 Å². The average molecular weight is 439 g/mol. The number of aryl methyl sites for hydroxylation is 3. The molecule has 1 amide bonds. The molecule has 0 atom stereocenters. The van der Waals surface area contributed by atoms with E-state index in [0.29, 0.717) is 17.1 Å². The van der Waals surface area contributed by atoms with Crippen LogP contribution in [0.1, 0.15) is 16.7 Å². The Labute approximate surface area is 183 Å². The zero-order valence-corrected chi connectivity index (χ0v) is 18.9. The number of carbonyl (C=O) groups excluding carboxylic acids is 1. The molecule has 0 saturated carbocycles. The molecule has 0 bridgehead atoms. The van der Waals surface area contributed by atoms with Gasteiger partial charge < -0.3 is 10.1 Å². The van der Waals surface area contributed by atoms with Crippen LogP contribution in [0.5, 0.6) is 5.75 Å². The number of methoxy groups -OCH3 is 1. The molecule has 0 spiro atoms. The molecule has 3 aromatic carbocycles. The van der Waals surface area contributed by atoms with Crippen molar-refractivity contribution >= 4 is 27.3 Å². The zero-order valence-electron chi connectivity index (χ0n) is 18.0. The van der Waals surface area contributed by atoms with E-state index in [1.165, 1.54) is 7.11 Å². The van der Waals surface area contributed by atoms with Gasteiger partial charge in [-0.2, -0.15) is 0 Å². The Balaban J connectivity index is 1.96. The zero-order chi connectivity index (χ0) is 22.6. The maximum absolute atomic E-state index is 13.4. The van der Waals surface area contributed by atoms with Crippen molar-refractivity contribution in [2.45, 2.75) is 25.7 Å². The minimum atomic E-state index is -3.98. The lowest BCUT2D eigenvalue weighted by Gasteiger charge is -2.24. The van der Waals surface area contributed by atoms with Gasteiger partial charge >= 0.3 is 0 Å². The van der Waals surface area contributed by atoms with Crippen molar-refractivity contribution in [3.63, 3.8) is 0 Å². The maximum atomic E-state index is 13.4. The van der Waals surface area contributed by atoms with Crippen LogP contribution in [-0.2, 0) is 14.8 Å². The van der Waals surface area contributed by atoms with Crippen molar-refractivity contribution in [1.29, 1.82) is 0 Å². The molecular weight excluding hydrogens is 412 g/mol. The SMILES string of the molecule is COc1cccc(N(CC(=O)Nc2ccc(C)c(C)c2)S(=O)(=O)c2ccc(C)cc2)c1. The van der Waals surface area contributed by atoms with Gasteiger partial charge in [-0.25, -0.2) is 8.42 Å². The Morgan fingerprint density at radius 3 is 2.29 bits per heavy atom. The molecule has 0 aliphatic rings. The third-order valence-electron chi connectivity index (χ3n) is 5.03. The highest BCUT2D eigenvalue weighted by Crippen LogP contribution is 2.27. The highest BCUT2D eigenvalue weighted by atomic mass is 32.2. The molecule has 0 radical (unpaired) electrons. The number of nitrogens with zero attached hydrogens (tertiary/aromatic N) is 1. The predicted octanol–water partition coefficient (Wildman–Crippen LogP) is 4.45. The topological polar surface area (TPSA) is 75.7 Å². The normalized spacial score (nSPS) is 11.1. The molecule has 6 nitrogen and oxygen atoms in total. The van der Waals surface area contributed by atoms with Gasteiger partial charge in [0.2, 0.25) is 5.91 Å². The number of sulfonamides is 1. The fourth-order valence-corrected chi connectivity index (χ4v) is 4.48. The molecule has 3 rings (SSSR count). The van der Waals surface area contributed by atoms with Crippen LogP contribution >= 0.6 is 0 Å². The van der Waals surface area contributed by atoms with Gasteiger partial charge in [-0.15, -0.1) is 0 Å². The summed E-state index contributed by atoms with van der Waals surface area (Å²) in [5.41, 5.74) is 4.05. The third-order valence-corrected chi connectivity index (χ3v) is 6.82. The maximum Gasteiger partial charge on any atom is 0.264 e. The molecule has 0 saturated heterocycles. The van der Waals surface area contributed by atoms with Gasteiger partial charge in [0.1, 0.15) is 12.3 Å². The lowest BCUT2D eigenvalue weighted by Crippen LogP contribution is -2.38. The Kier molecular flexibility index (Phi) is 6.65. The first-order valence-electron chi connectivity index (χ1n) is 9.81. The summed E-state index contributed by atoms with van der Waals surface area (Å²) in [4.78, 5) is 12.9. The van der Waals surface area contributed by atoms with Crippen LogP contribution in [0.25, 0.3) is 0 Å². The lowest BCUT2D eigenvalue weighted by molar-refractivity contribution is -0.114. The number of benzene rings is 3. The average Bonchev–Trinajstić information content (AvgIpc) is 2.75. The monoisotopic (exact) mass is 438 g/mol. The van der Waals surface area contributed by atoms with Crippen LogP contribution < -0.4 is 14.4 Å². The predicted molar refractivity (Wildman–Crippen MR) is 123 cm³/mol. The molecule has 162 valence electrons. The highest BCUT2D eigenvalue weighted by molar-refractivity contribution is 7.92. The molecule has 0 aliphatic heterocycles. The molecule has 0 heterocycles. The second kappa shape index (κ2) is 9.22. The van der Waals surface area contributed by atoms with Crippen molar-refractivity contribution in [2.24, 2.45) is 0 Å². The van der Waals surface area contributed by atoms with Crippen LogP contribution in [0.4, 0.5) is 11.4 Å². The van der Waals surface area contributed by atoms with E-state index in [-0.39, 0.29) is 11.4 Å². The molecule has 0 aliphatic carbocycles. The Hall–Kier alpha value is -3.32. The molecule has 0 unspecified atom stereocenters.